The van der Waals surface area contributed by atoms with E-state index in [1.807, 2.05) is 18.2 Å². The van der Waals surface area contributed by atoms with Crippen molar-refractivity contribution in [1.29, 1.82) is 0 Å². The highest BCUT2D eigenvalue weighted by atomic mass is 16.5. The first kappa shape index (κ1) is 23.3. The predicted octanol–water partition coefficient (Wildman–Crippen LogP) is 5.90. The Hall–Kier alpha value is -3.47. The van der Waals surface area contributed by atoms with E-state index in [1.54, 1.807) is 12.1 Å². The standard InChI is InChI=1S/C31H31NO3/c33-31(27-7-2-1-3-8-27)34-19-17-23-10-14-26(15-11-23)29-16-18-32-21-30(29)35-22-24-12-13-25-6-4-5-9-28(25)20-24/h1-15,20,29-30,32H,16-19,21-22H2. The molecule has 2 unspecified atom stereocenters. The molecule has 35 heavy (non-hydrogen) atoms. The number of rotatable bonds is 8. The molecule has 1 N–H and O–H groups in total. The Morgan fingerprint density at radius 2 is 1.57 bits per heavy atom. The zero-order valence-corrected chi connectivity index (χ0v) is 19.9. The first-order valence-corrected chi connectivity index (χ1v) is 12.4. The topological polar surface area (TPSA) is 47.6 Å². The smallest absolute Gasteiger partial charge is 0.338 e. The molecule has 178 valence electrons. The lowest BCUT2D eigenvalue weighted by atomic mass is 9.87. The molecule has 0 amide bonds. The average molecular weight is 466 g/mol. The second-order valence-corrected chi connectivity index (χ2v) is 9.12. The minimum atomic E-state index is -0.275. The number of nitrogens with one attached hydrogen (secondary N) is 1. The number of benzene rings is 4. The number of hydrogen-bond donors (Lipinski definition) is 1. The predicted molar refractivity (Wildman–Crippen MR) is 140 cm³/mol. The molecule has 4 heteroatoms. The van der Waals surface area contributed by atoms with Crippen LogP contribution in [-0.2, 0) is 22.5 Å². The molecule has 4 nitrogen and oxygen atoms in total. The molecule has 0 saturated carbocycles. The summed E-state index contributed by atoms with van der Waals surface area (Å²) in [6.07, 6.45) is 1.89. The number of esters is 1. The number of piperidine rings is 1. The number of hydrogen-bond acceptors (Lipinski definition) is 4. The van der Waals surface area contributed by atoms with E-state index in [4.69, 9.17) is 9.47 Å². The summed E-state index contributed by atoms with van der Waals surface area (Å²) in [7, 11) is 0. The van der Waals surface area contributed by atoms with Crippen LogP contribution >= 0.6 is 0 Å². The van der Waals surface area contributed by atoms with Gasteiger partial charge in [-0.25, -0.2) is 4.79 Å². The Morgan fingerprint density at radius 3 is 2.40 bits per heavy atom. The molecular formula is C31H31NO3. The van der Waals surface area contributed by atoms with Gasteiger partial charge >= 0.3 is 5.97 Å². The normalized spacial score (nSPS) is 17.8. The van der Waals surface area contributed by atoms with Gasteiger partial charge in [0.25, 0.3) is 0 Å². The molecule has 5 rings (SSSR count). The largest absolute Gasteiger partial charge is 0.462 e. The van der Waals surface area contributed by atoms with Gasteiger partial charge < -0.3 is 14.8 Å². The second-order valence-electron chi connectivity index (χ2n) is 9.12. The van der Waals surface area contributed by atoms with Crippen LogP contribution in [0.1, 0.15) is 39.4 Å². The maximum absolute atomic E-state index is 12.1. The molecule has 1 heterocycles. The molecule has 0 radical (unpaired) electrons. The van der Waals surface area contributed by atoms with E-state index >= 15 is 0 Å². The summed E-state index contributed by atoms with van der Waals surface area (Å²) in [5, 5.41) is 5.99. The lowest BCUT2D eigenvalue weighted by Gasteiger charge is -2.32. The van der Waals surface area contributed by atoms with Gasteiger partial charge in [0.2, 0.25) is 0 Å². The van der Waals surface area contributed by atoms with E-state index in [0.29, 0.717) is 31.1 Å². The summed E-state index contributed by atoms with van der Waals surface area (Å²) in [6.45, 7) is 2.84. The molecule has 1 saturated heterocycles. The molecule has 0 spiro atoms. The molecule has 2 atom stereocenters. The zero-order chi connectivity index (χ0) is 23.9. The number of ether oxygens (including phenoxy) is 2. The molecule has 4 aromatic rings. The molecule has 1 aliphatic rings. The molecule has 4 aromatic carbocycles. The van der Waals surface area contributed by atoms with Gasteiger partial charge in [-0.15, -0.1) is 0 Å². The Bertz CT molecular complexity index is 1250. The highest BCUT2D eigenvalue weighted by Gasteiger charge is 2.27. The summed E-state index contributed by atoms with van der Waals surface area (Å²) in [5.41, 5.74) is 4.26. The first-order chi connectivity index (χ1) is 17.3. The van der Waals surface area contributed by atoms with Crippen LogP contribution < -0.4 is 5.32 Å². The van der Waals surface area contributed by atoms with Gasteiger partial charge in [-0.1, -0.05) is 78.9 Å². The maximum Gasteiger partial charge on any atom is 0.338 e. The number of fused-ring (bicyclic) bond motifs is 1. The fraction of sp³-hybridized carbons (Fsp3) is 0.258. The van der Waals surface area contributed by atoms with Gasteiger partial charge in [0.05, 0.1) is 24.9 Å². The summed E-state index contributed by atoms with van der Waals surface area (Å²) >= 11 is 0. The van der Waals surface area contributed by atoms with Crippen molar-refractivity contribution < 1.29 is 14.3 Å². The third kappa shape index (κ3) is 5.97. The monoisotopic (exact) mass is 465 g/mol. The Morgan fingerprint density at radius 1 is 0.829 bits per heavy atom. The molecule has 0 bridgehead atoms. The molecule has 0 aromatic heterocycles. The van der Waals surface area contributed by atoms with E-state index in [0.717, 1.165) is 25.1 Å². The van der Waals surface area contributed by atoms with E-state index in [1.165, 1.54) is 21.9 Å². The summed E-state index contributed by atoms with van der Waals surface area (Å²) < 4.78 is 11.9. The van der Waals surface area contributed by atoms with Crippen LogP contribution in [0.5, 0.6) is 0 Å². The molecule has 0 aliphatic carbocycles. The van der Waals surface area contributed by atoms with Gasteiger partial charge in [-0.05, 0) is 58.6 Å². The number of carbonyl (C=O) groups is 1. The van der Waals surface area contributed by atoms with Crippen LogP contribution in [0.2, 0.25) is 0 Å². The minimum absolute atomic E-state index is 0.132. The molecular weight excluding hydrogens is 434 g/mol. The maximum atomic E-state index is 12.1. The van der Waals surface area contributed by atoms with Crippen LogP contribution in [0.3, 0.4) is 0 Å². The molecule has 1 aliphatic heterocycles. The van der Waals surface area contributed by atoms with Crippen LogP contribution in [0.25, 0.3) is 10.8 Å². The van der Waals surface area contributed by atoms with Gasteiger partial charge in [-0.3, -0.25) is 0 Å². The van der Waals surface area contributed by atoms with Crippen molar-refractivity contribution in [2.24, 2.45) is 0 Å². The van der Waals surface area contributed by atoms with Crippen LogP contribution in [0, 0.1) is 0 Å². The Labute approximate surface area is 206 Å². The zero-order valence-electron chi connectivity index (χ0n) is 19.9. The molecule has 1 fully saturated rings. The Kier molecular flexibility index (Phi) is 7.52. The first-order valence-electron chi connectivity index (χ1n) is 12.4. The highest BCUT2D eigenvalue weighted by Crippen LogP contribution is 2.29. The van der Waals surface area contributed by atoms with E-state index in [2.05, 4.69) is 72.0 Å². The summed E-state index contributed by atoms with van der Waals surface area (Å²) in [5.74, 6) is 0.0880. The fourth-order valence-electron chi connectivity index (χ4n) is 4.77. The van der Waals surface area contributed by atoms with E-state index in [-0.39, 0.29) is 12.1 Å². The second kappa shape index (κ2) is 11.3. The Balaban J connectivity index is 1.16. The number of carbonyl (C=O) groups excluding carboxylic acids is 1. The lowest BCUT2D eigenvalue weighted by Crippen LogP contribution is -2.40. The van der Waals surface area contributed by atoms with Gasteiger partial charge in [-0.2, -0.15) is 0 Å². The average Bonchev–Trinajstić information content (AvgIpc) is 2.93. The third-order valence-electron chi connectivity index (χ3n) is 6.75. The minimum Gasteiger partial charge on any atom is -0.462 e. The van der Waals surface area contributed by atoms with Crippen molar-refractivity contribution in [2.45, 2.75) is 31.5 Å². The van der Waals surface area contributed by atoms with Gasteiger partial charge in [0, 0.05) is 18.9 Å². The van der Waals surface area contributed by atoms with Gasteiger partial charge in [0.15, 0.2) is 0 Å². The van der Waals surface area contributed by atoms with Crippen molar-refractivity contribution in [3.63, 3.8) is 0 Å². The van der Waals surface area contributed by atoms with E-state index < -0.39 is 0 Å². The lowest BCUT2D eigenvalue weighted by molar-refractivity contribution is 0.0106. The SMILES string of the molecule is O=C(OCCc1ccc(C2CCNCC2OCc2ccc3ccccc3c2)cc1)c1ccccc1. The quantitative estimate of drug-likeness (QED) is 0.329. The van der Waals surface area contributed by atoms with Crippen molar-refractivity contribution in [2.75, 3.05) is 19.7 Å². The third-order valence-corrected chi connectivity index (χ3v) is 6.75. The van der Waals surface area contributed by atoms with Crippen molar-refractivity contribution in [1.82, 2.24) is 5.32 Å². The summed E-state index contributed by atoms with van der Waals surface area (Å²) in [4.78, 5) is 12.1. The summed E-state index contributed by atoms with van der Waals surface area (Å²) in [6, 6.07) is 32.8. The van der Waals surface area contributed by atoms with Crippen LogP contribution in [-0.4, -0.2) is 31.8 Å². The van der Waals surface area contributed by atoms with E-state index in [9.17, 15) is 4.79 Å². The van der Waals surface area contributed by atoms with Crippen molar-refractivity contribution in [3.05, 3.63) is 119 Å². The van der Waals surface area contributed by atoms with Crippen molar-refractivity contribution >= 4 is 16.7 Å². The van der Waals surface area contributed by atoms with Gasteiger partial charge in [0.1, 0.15) is 0 Å². The fourth-order valence-corrected chi connectivity index (χ4v) is 4.77. The highest BCUT2D eigenvalue weighted by molar-refractivity contribution is 5.89. The van der Waals surface area contributed by atoms with Crippen LogP contribution in [0.4, 0.5) is 0 Å². The van der Waals surface area contributed by atoms with Crippen molar-refractivity contribution in [3.8, 4) is 0 Å². The van der Waals surface area contributed by atoms with Crippen LogP contribution in [0.15, 0.2) is 97.1 Å².